The summed E-state index contributed by atoms with van der Waals surface area (Å²) < 4.78 is 26.2. The molecule has 0 fully saturated rings. The maximum absolute atomic E-state index is 13.3. The van der Waals surface area contributed by atoms with Crippen LogP contribution in [0.3, 0.4) is 0 Å². The van der Waals surface area contributed by atoms with Crippen LogP contribution in [0.2, 0.25) is 0 Å². The van der Waals surface area contributed by atoms with Crippen molar-refractivity contribution in [2.75, 3.05) is 0 Å². The lowest BCUT2D eigenvalue weighted by Crippen LogP contribution is -2.18. The van der Waals surface area contributed by atoms with Gasteiger partial charge >= 0.3 is 0 Å². The maximum Gasteiger partial charge on any atom is 0.129 e. The fourth-order valence-corrected chi connectivity index (χ4v) is 1.96. The van der Waals surface area contributed by atoms with Gasteiger partial charge in [-0.05, 0) is 42.0 Å². The van der Waals surface area contributed by atoms with Gasteiger partial charge in [-0.2, -0.15) is 0 Å². The van der Waals surface area contributed by atoms with Crippen LogP contribution in [-0.4, -0.2) is 6.04 Å². The molecule has 0 saturated heterocycles. The van der Waals surface area contributed by atoms with E-state index >= 15 is 0 Å². The molecule has 0 heterocycles. The second-order valence-electron chi connectivity index (χ2n) is 3.63. The molecule has 0 saturated carbocycles. The molecule has 0 bridgehead atoms. The number of hydrogen-bond donors (Lipinski definition) is 0. The van der Waals surface area contributed by atoms with Gasteiger partial charge in [0.25, 0.3) is 0 Å². The first-order valence-electron chi connectivity index (χ1n) is 4.71. The Balaban J connectivity index is 2.37. The number of azide groups is 1. The van der Waals surface area contributed by atoms with Gasteiger partial charge in [0.2, 0.25) is 0 Å². The van der Waals surface area contributed by atoms with Crippen LogP contribution in [0.1, 0.15) is 17.5 Å². The van der Waals surface area contributed by atoms with E-state index in [1.807, 2.05) is 0 Å². The highest BCUT2D eigenvalue weighted by atomic mass is 19.1. The van der Waals surface area contributed by atoms with Crippen LogP contribution in [0.25, 0.3) is 10.4 Å². The number of fused-ring (bicyclic) bond motifs is 1. The molecule has 0 amide bonds. The van der Waals surface area contributed by atoms with Crippen molar-refractivity contribution in [1.29, 1.82) is 0 Å². The molecule has 0 aromatic heterocycles. The molecule has 15 heavy (non-hydrogen) atoms. The molecule has 1 aromatic rings. The minimum absolute atomic E-state index is 0.177. The average molecular weight is 209 g/mol. The first kappa shape index (κ1) is 9.93. The predicted molar refractivity (Wildman–Crippen MR) is 51.3 cm³/mol. The molecule has 1 aliphatic rings. The summed E-state index contributed by atoms with van der Waals surface area (Å²) in [6.07, 6.45) is 1.55. The average Bonchev–Trinajstić information content (AvgIpc) is 2.17. The van der Waals surface area contributed by atoms with Gasteiger partial charge in [0, 0.05) is 17.0 Å². The van der Waals surface area contributed by atoms with E-state index in [9.17, 15) is 8.78 Å². The van der Waals surface area contributed by atoms with Gasteiger partial charge in [0.05, 0.1) is 0 Å². The van der Waals surface area contributed by atoms with Crippen molar-refractivity contribution in [3.05, 3.63) is 45.3 Å². The highest BCUT2D eigenvalue weighted by Gasteiger charge is 2.21. The summed E-state index contributed by atoms with van der Waals surface area (Å²) in [7, 11) is 0. The highest BCUT2D eigenvalue weighted by Crippen LogP contribution is 2.26. The van der Waals surface area contributed by atoms with Crippen LogP contribution < -0.4 is 0 Å². The van der Waals surface area contributed by atoms with Crippen molar-refractivity contribution >= 4 is 0 Å². The van der Waals surface area contributed by atoms with Gasteiger partial charge in [-0.1, -0.05) is 5.11 Å². The van der Waals surface area contributed by atoms with Gasteiger partial charge in [0.1, 0.15) is 11.6 Å². The first-order chi connectivity index (χ1) is 7.20. The van der Waals surface area contributed by atoms with E-state index in [0.717, 1.165) is 6.07 Å². The molecule has 2 rings (SSSR count). The molecule has 0 N–H and O–H groups in total. The third-order valence-electron chi connectivity index (χ3n) is 2.65. The van der Waals surface area contributed by atoms with E-state index in [2.05, 4.69) is 10.0 Å². The van der Waals surface area contributed by atoms with Crippen LogP contribution in [0.15, 0.2) is 17.2 Å². The Morgan fingerprint density at radius 3 is 2.93 bits per heavy atom. The lowest BCUT2D eigenvalue weighted by atomic mass is 9.88. The van der Waals surface area contributed by atoms with E-state index in [0.29, 0.717) is 30.4 Å². The molecule has 3 nitrogen and oxygen atoms in total. The Morgan fingerprint density at radius 2 is 2.20 bits per heavy atom. The Hall–Kier alpha value is -1.61. The van der Waals surface area contributed by atoms with Crippen LogP contribution in [0.4, 0.5) is 8.78 Å². The summed E-state index contributed by atoms with van der Waals surface area (Å²) in [5, 5.41) is 3.58. The summed E-state index contributed by atoms with van der Waals surface area (Å²) in [6.45, 7) is 0. The van der Waals surface area contributed by atoms with Crippen LogP contribution in [0, 0.1) is 11.6 Å². The second-order valence-corrected chi connectivity index (χ2v) is 3.63. The van der Waals surface area contributed by atoms with Gasteiger partial charge in [-0.3, -0.25) is 0 Å². The quantitative estimate of drug-likeness (QED) is 0.387. The van der Waals surface area contributed by atoms with E-state index in [1.54, 1.807) is 0 Å². The molecule has 1 unspecified atom stereocenters. The minimum atomic E-state index is -0.576. The SMILES string of the molecule is [N-]=[N+]=NC1CCc2c(F)cc(F)cc2C1. The summed E-state index contributed by atoms with van der Waals surface area (Å²) in [5.74, 6) is -1.07. The van der Waals surface area contributed by atoms with Crippen molar-refractivity contribution in [1.82, 2.24) is 0 Å². The summed E-state index contributed by atoms with van der Waals surface area (Å²) >= 11 is 0. The Kier molecular flexibility index (Phi) is 2.56. The van der Waals surface area contributed by atoms with Crippen molar-refractivity contribution < 1.29 is 8.78 Å². The van der Waals surface area contributed by atoms with Crippen molar-refractivity contribution in [3.63, 3.8) is 0 Å². The van der Waals surface area contributed by atoms with E-state index in [-0.39, 0.29) is 6.04 Å². The van der Waals surface area contributed by atoms with Crippen LogP contribution in [-0.2, 0) is 12.8 Å². The number of hydrogen-bond acceptors (Lipinski definition) is 1. The minimum Gasteiger partial charge on any atom is -0.207 e. The van der Waals surface area contributed by atoms with Crippen LogP contribution >= 0.6 is 0 Å². The molecular formula is C10H9F2N3. The fourth-order valence-electron chi connectivity index (χ4n) is 1.96. The van der Waals surface area contributed by atoms with Gasteiger partial charge < -0.3 is 0 Å². The zero-order chi connectivity index (χ0) is 10.8. The first-order valence-corrected chi connectivity index (χ1v) is 4.71. The standard InChI is InChI=1S/C10H9F2N3/c11-7-3-6-4-8(14-15-13)1-2-9(6)10(12)5-7/h3,5,8H,1-2,4H2. The largest absolute Gasteiger partial charge is 0.207 e. The lowest BCUT2D eigenvalue weighted by Gasteiger charge is -2.21. The molecule has 5 heteroatoms. The number of rotatable bonds is 1. The normalized spacial score (nSPS) is 19.2. The molecule has 0 radical (unpaired) electrons. The second kappa shape index (κ2) is 3.87. The Bertz CT molecular complexity index is 439. The fraction of sp³-hybridized carbons (Fsp3) is 0.400. The van der Waals surface area contributed by atoms with Gasteiger partial charge in [-0.25, -0.2) is 8.78 Å². The monoisotopic (exact) mass is 209 g/mol. The lowest BCUT2D eigenvalue weighted by molar-refractivity contribution is 0.519. The molecular weight excluding hydrogens is 200 g/mol. The van der Waals surface area contributed by atoms with E-state index < -0.39 is 11.6 Å². The van der Waals surface area contributed by atoms with Crippen molar-refractivity contribution in [3.8, 4) is 0 Å². The summed E-state index contributed by atoms with van der Waals surface area (Å²) in [4.78, 5) is 2.71. The molecule has 1 atom stereocenters. The van der Waals surface area contributed by atoms with E-state index in [1.165, 1.54) is 6.07 Å². The number of nitrogens with zero attached hydrogens (tertiary/aromatic N) is 3. The summed E-state index contributed by atoms with van der Waals surface area (Å²) in [6, 6.07) is 2.04. The predicted octanol–water partition coefficient (Wildman–Crippen LogP) is 3.13. The van der Waals surface area contributed by atoms with Crippen molar-refractivity contribution in [2.24, 2.45) is 5.11 Å². The van der Waals surface area contributed by atoms with Crippen molar-refractivity contribution in [2.45, 2.75) is 25.3 Å². The number of benzene rings is 1. The van der Waals surface area contributed by atoms with E-state index in [4.69, 9.17) is 5.53 Å². The molecule has 0 spiro atoms. The molecule has 78 valence electrons. The molecule has 1 aromatic carbocycles. The molecule has 0 aliphatic heterocycles. The smallest absolute Gasteiger partial charge is 0.129 e. The third kappa shape index (κ3) is 1.92. The highest BCUT2D eigenvalue weighted by molar-refractivity contribution is 5.32. The third-order valence-corrected chi connectivity index (χ3v) is 2.65. The maximum atomic E-state index is 13.3. The number of halogens is 2. The Labute approximate surface area is 85.4 Å². The van der Waals surface area contributed by atoms with Gasteiger partial charge in [0.15, 0.2) is 0 Å². The Morgan fingerprint density at radius 1 is 1.40 bits per heavy atom. The van der Waals surface area contributed by atoms with Crippen LogP contribution in [0.5, 0.6) is 0 Å². The summed E-state index contributed by atoms with van der Waals surface area (Å²) in [5.41, 5.74) is 9.46. The zero-order valence-corrected chi connectivity index (χ0v) is 7.95. The molecule has 1 aliphatic carbocycles. The topological polar surface area (TPSA) is 48.8 Å². The van der Waals surface area contributed by atoms with Gasteiger partial charge in [-0.15, -0.1) is 0 Å². The zero-order valence-electron chi connectivity index (χ0n) is 7.95.